The number of H-pyrrole nitrogens is 1. The van der Waals surface area contributed by atoms with Crippen LogP contribution in [0.2, 0.25) is 0 Å². The molecule has 0 atom stereocenters. The van der Waals surface area contributed by atoms with Gasteiger partial charge in [-0.25, -0.2) is 4.98 Å². The van der Waals surface area contributed by atoms with Crippen LogP contribution in [-0.2, 0) is 16.1 Å². The lowest BCUT2D eigenvalue weighted by Gasteiger charge is -2.38. The van der Waals surface area contributed by atoms with E-state index in [1.165, 1.54) is 39.0 Å². The largest absolute Gasteiger partial charge is 0.466 e. The lowest BCUT2D eigenvalue weighted by atomic mass is 9.84. The minimum Gasteiger partial charge on any atom is -0.466 e. The number of para-hydroxylation sites is 1. The number of hydrogen-bond donors (Lipinski definition) is 1. The van der Waals surface area contributed by atoms with Crippen LogP contribution in [0.15, 0.2) is 42.6 Å². The molecule has 0 spiro atoms. The van der Waals surface area contributed by atoms with Crippen molar-refractivity contribution in [3.05, 3.63) is 53.9 Å². The van der Waals surface area contributed by atoms with E-state index in [-0.39, 0.29) is 11.9 Å². The first-order valence-corrected chi connectivity index (χ1v) is 13.0. The molecule has 1 saturated carbocycles. The van der Waals surface area contributed by atoms with Crippen LogP contribution < -0.4 is 4.90 Å². The molecular formula is C29H34N4O2. The molecule has 1 fully saturated rings. The Kier molecular flexibility index (Phi) is 5.85. The van der Waals surface area contributed by atoms with Crippen LogP contribution in [0.4, 0.5) is 5.69 Å². The van der Waals surface area contributed by atoms with E-state index in [2.05, 4.69) is 58.2 Å². The smallest absolute Gasteiger partial charge is 0.308 e. The van der Waals surface area contributed by atoms with Crippen LogP contribution >= 0.6 is 0 Å². The molecule has 1 aliphatic carbocycles. The first kappa shape index (κ1) is 22.4. The van der Waals surface area contributed by atoms with Crippen molar-refractivity contribution in [3.8, 4) is 11.1 Å². The van der Waals surface area contributed by atoms with Crippen LogP contribution in [0.5, 0.6) is 0 Å². The molecule has 1 N–H and O–H groups in total. The van der Waals surface area contributed by atoms with Gasteiger partial charge in [0.05, 0.1) is 12.5 Å². The van der Waals surface area contributed by atoms with Crippen molar-refractivity contribution in [2.75, 3.05) is 31.6 Å². The van der Waals surface area contributed by atoms with Gasteiger partial charge >= 0.3 is 5.97 Å². The third-order valence-electron chi connectivity index (χ3n) is 8.19. The normalized spacial score (nSPS) is 22.5. The molecule has 1 aromatic carbocycles. The molecule has 0 saturated heterocycles. The van der Waals surface area contributed by atoms with Crippen molar-refractivity contribution in [3.63, 3.8) is 0 Å². The number of rotatable bonds is 4. The number of hydrogen-bond acceptors (Lipinski definition) is 5. The summed E-state index contributed by atoms with van der Waals surface area (Å²) in [4.78, 5) is 25.5. The van der Waals surface area contributed by atoms with Gasteiger partial charge in [0.1, 0.15) is 5.65 Å². The second-order valence-corrected chi connectivity index (χ2v) is 10.2. The van der Waals surface area contributed by atoms with Gasteiger partial charge in [0, 0.05) is 66.8 Å². The molecule has 2 aromatic heterocycles. The fourth-order valence-corrected chi connectivity index (χ4v) is 6.37. The number of fused-ring (bicyclic) bond motifs is 2. The monoisotopic (exact) mass is 470 g/mol. The molecule has 0 unspecified atom stereocenters. The Morgan fingerprint density at radius 3 is 2.74 bits per heavy atom. The SMILES string of the molecule is CCOC(=O)C1CCC(N2CC=C(c3[nH]c4nccc5c4c3CN(C)c3ccccc3-5)CC2)CC1. The number of carbonyl (C=O) groups is 1. The van der Waals surface area contributed by atoms with Crippen molar-refractivity contribution < 1.29 is 9.53 Å². The number of benzene rings is 1. The van der Waals surface area contributed by atoms with Gasteiger partial charge in [0.15, 0.2) is 0 Å². The standard InChI is InChI=1S/C29H34N4O2/c1-3-35-29(34)20-8-10-21(11-9-20)33-16-13-19(14-17-33)27-24-18-32(2)25-7-5-4-6-22(25)23-12-15-30-28(31-27)26(23)24/h4-7,12-13,15,20-21H,3,8-11,14,16-18H2,1-2H3,(H,30,31). The average molecular weight is 471 g/mol. The van der Waals surface area contributed by atoms with Crippen molar-refractivity contribution in [2.24, 2.45) is 5.92 Å². The molecule has 6 rings (SSSR count). The Hall–Kier alpha value is -3.12. The Morgan fingerprint density at radius 1 is 1.14 bits per heavy atom. The topological polar surface area (TPSA) is 61.5 Å². The molecule has 4 heterocycles. The molecule has 6 heteroatoms. The summed E-state index contributed by atoms with van der Waals surface area (Å²) < 4.78 is 5.25. The van der Waals surface area contributed by atoms with Crippen LogP contribution in [-0.4, -0.2) is 53.6 Å². The summed E-state index contributed by atoms with van der Waals surface area (Å²) in [6.45, 7) is 5.26. The number of pyridine rings is 1. The van der Waals surface area contributed by atoms with Crippen LogP contribution in [0.1, 0.15) is 50.3 Å². The maximum atomic E-state index is 12.1. The van der Waals surface area contributed by atoms with Crippen LogP contribution in [0.3, 0.4) is 0 Å². The zero-order valence-corrected chi connectivity index (χ0v) is 20.7. The highest BCUT2D eigenvalue weighted by Gasteiger charge is 2.32. The van der Waals surface area contributed by atoms with Crippen molar-refractivity contribution in [1.29, 1.82) is 0 Å². The predicted octanol–water partition coefficient (Wildman–Crippen LogP) is 5.39. The number of anilines is 1. The van der Waals surface area contributed by atoms with Crippen LogP contribution in [0.25, 0.3) is 27.7 Å². The lowest BCUT2D eigenvalue weighted by molar-refractivity contribution is -0.149. The molecule has 0 radical (unpaired) electrons. The number of ether oxygens (including phenoxy) is 1. The Morgan fingerprint density at radius 2 is 1.97 bits per heavy atom. The zero-order valence-electron chi connectivity index (χ0n) is 20.7. The van der Waals surface area contributed by atoms with E-state index in [1.54, 1.807) is 0 Å². The van der Waals surface area contributed by atoms with Gasteiger partial charge in [-0.1, -0.05) is 24.3 Å². The summed E-state index contributed by atoms with van der Waals surface area (Å²) in [5, 5.41) is 1.26. The quantitative estimate of drug-likeness (QED) is 0.518. The lowest BCUT2D eigenvalue weighted by Crippen LogP contribution is -2.41. The summed E-state index contributed by atoms with van der Waals surface area (Å²) in [5.74, 6) is 0.0869. The van der Waals surface area contributed by atoms with Gasteiger partial charge in [0.2, 0.25) is 0 Å². The summed E-state index contributed by atoms with van der Waals surface area (Å²) in [6, 6.07) is 11.4. The molecule has 0 amide bonds. The van der Waals surface area contributed by atoms with Crippen LogP contribution in [0, 0.1) is 5.92 Å². The highest BCUT2D eigenvalue weighted by molar-refractivity contribution is 6.02. The molecule has 0 bridgehead atoms. The van der Waals surface area contributed by atoms with E-state index < -0.39 is 0 Å². The van der Waals surface area contributed by atoms with E-state index in [9.17, 15) is 4.79 Å². The van der Waals surface area contributed by atoms with Gasteiger partial charge in [-0.05, 0) is 62.3 Å². The molecule has 182 valence electrons. The Bertz CT molecular complexity index is 1290. The zero-order chi connectivity index (χ0) is 23.9. The number of carbonyl (C=O) groups excluding carboxylic acids is 1. The maximum Gasteiger partial charge on any atom is 0.308 e. The Balaban J connectivity index is 1.24. The highest BCUT2D eigenvalue weighted by Crippen LogP contribution is 2.43. The maximum absolute atomic E-state index is 12.1. The molecule has 35 heavy (non-hydrogen) atoms. The van der Waals surface area contributed by atoms with E-state index in [4.69, 9.17) is 9.72 Å². The van der Waals surface area contributed by atoms with Gasteiger partial charge in [0.25, 0.3) is 0 Å². The third kappa shape index (κ3) is 3.94. The first-order chi connectivity index (χ1) is 17.1. The molecular weight excluding hydrogens is 436 g/mol. The van der Waals surface area contributed by atoms with E-state index >= 15 is 0 Å². The average Bonchev–Trinajstić information content (AvgIpc) is 3.21. The second kappa shape index (κ2) is 9.15. The number of nitrogens with zero attached hydrogens (tertiary/aromatic N) is 3. The van der Waals surface area contributed by atoms with Crippen molar-refractivity contribution >= 4 is 28.3 Å². The predicted molar refractivity (Wildman–Crippen MR) is 140 cm³/mol. The second-order valence-electron chi connectivity index (χ2n) is 10.2. The van der Waals surface area contributed by atoms with Gasteiger partial charge < -0.3 is 14.6 Å². The summed E-state index contributed by atoms with van der Waals surface area (Å²) in [7, 11) is 2.18. The number of aromatic amines is 1. The minimum atomic E-state index is -0.00410. The van der Waals surface area contributed by atoms with E-state index in [0.29, 0.717) is 12.6 Å². The summed E-state index contributed by atoms with van der Waals surface area (Å²) in [6.07, 6.45) is 9.44. The Labute approximate surface area is 207 Å². The fourth-order valence-electron chi connectivity index (χ4n) is 6.37. The number of nitrogens with one attached hydrogen (secondary N) is 1. The van der Waals surface area contributed by atoms with Gasteiger partial charge in [-0.2, -0.15) is 0 Å². The molecule has 6 nitrogen and oxygen atoms in total. The van der Waals surface area contributed by atoms with E-state index in [0.717, 1.165) is 57.4 Å². The fraction of sp³-hybridized carbons (Fsp3) is 0.448. The van der Waals surface area contributed by atoms with Gasteiger partial charge in [-0.15, -0.1) is 0 Å². The van der Waals surface area contributed by atoms with Crippen molar-refractivity contribution in [2.45, 2.75) is 51.6 Å². The molecule has 3 aliphatic rings. The number of esters is 1. The van der Waals surface area contributed by atoms with E-state index in [1.807, 2.05) is 13.1 Å². The third-order valence-corrected chi connectivity index (χ3v) is 8.19. The van der Waals surface area contributed by atoms with Crippen molar-refractivity contribution in [1.82, 2.24) is 14.9 Å². The van der Waals surface area contributed by atoms with Gasteiger partial charge in [-0.3, -0.25) is 9.69 Å². The number of aromatic nitrogens is 2. The minimum absolute atomic E-state index is 0.00410. The first-order valence-electron chi connectivity index (χ1n) is 13.0. The molecule has 3 aromatic rings. The summed E-state index contributed by atoms with van der Waals surface area (Å²) >= 11 is 0. The molecule has 2 aliphatic heterocycles. The summed E-state index contributed by atoms with van der Waals surface area (Å²) in [5.41, 5.74) is 8.81. The highest BCUT2D eigenvalue weighted by atomic mass is 16.5.